The van der Waals surface area contributed by atoms with E-state index in [0.717, 1.165) is 28.4 Å². The van der Waals surface area contributed by atoms with Crippen LogP contribution in [0.3, 0.4) is 0 Å². The first kappa shape index (κ1) is 34.5. The van der Waals surface area contributed by atoms with E-state index in [1.54, 1.807) is 37.3 Å². The van der Waals surface area contributed by atoms with Gasteiger partial charge in [0, 0.05) is 18.1 Å². The van der Waals surface area contributed by atoms with E-state index in [1.807, 2.05) is 0 Å². The van der Waals surface area contributed by atoms with Crippen molar-refractivity contribution in [3.05, 3.63) is 87.2 Å². The lowest BCUT2D eigenvalue weighted by Crippen LogP contribution is -2.68. The van der Waals surface area contributed by atoms with Gasteiger partial charge in [-0.25, -0.2) is 9.59 Å². The van der Waals surface area contributed by atoms with Gasteiger partial charge in [0.05, 0.1) is 56.3 Å². The van der Waals surface area contributed by atoms with E-state index in [9.17, 15) is 39.2 Å². The summed E-state index contributed by atoms with van der Waals surface area (Å²) >= 11 is 0. The van der Waals surface area contributed by atoms with Gasteiger partial charge >= 0.3 is 29.8 Å². The first-order valence-corrected chi connectivity index (χ1v) is 14.4. The van der Waals surface area contributed by atoms with Gasteiger partial charge in [-0.3, -0.25) is 24.5 Å². The van der Waals surface area contributed by atoms with Crippen LogP contribution in [0.5, 0.6) is 0 Å². The zero-order chi connectivity index (χ0) is 34.6. The number of esters is 5. The molecule has 4 rings (SSSR count). The molecule has 248 valence electrons. The van der Waals surface area contributed by atoms with Crippen molar-refractivity contribution in [1.82, 2.24) is 0 Å². The number of fused-ring (bicyclic) bond motifs is 2. The fourth-order valence-electron chi connectivity index (χ4n) is 6.65. The van der Waals surface area contributed by atoms with Crippen LogP contribution in [0.4, 0.5) is 5.69 Å². The molecule has 14 nitrogen and oxygen atoms in total. The van der Waals surface area contributed by atoms with Crippen molar-refractivity contribution in [2.75, 3.05) is 28.4 Å². The van der Waals surface area contributed by atoms with E-state index in [1.165, 1.54) is 30.3 Å². The molecule has 14 heteroatoms. The summed E-state index contributed by atoms with van der Waals surface area (Å²) in [5, 5.41) is 23.8. The summed E-state index contributed by atoms with van der Waals surface area (Å²) < 4.78 is 25.8. The molecule has 0 radical (unpaired) electrons. The number of non-ortho nitro benzene ring substituents is 1. The van der Waals surface area contributed by atoms with Crippen LogP contribution < -0.4 is 0 Å². The van der Waals surface area contributed by atoms with E-state index in [2.05, 4.69) is 0 Å². The molecule has 1 N–H and O–H groups in total. The minimum absolute atomic E-state index is 0.0870. The number of methoxy groups -OCH3 is 4. The molecule has 1 fully saturated rings. The van der Waals surface area contributed by atoms with Gasteiger partial charge in [0.15, 0.2) is 0 Å². The van der Waals surface area contributed by atoms with Gasteiger partial charge in [-0.15, -0.1) is 0 Å². The van der Waals surface area contributed by atoms with Crippen molar-refractivity contribution in [3.8, 4) is 0 Å². The Morgan fingerprint density at radius 3 is 1.96 bits per heavy atom. The average molecular weight is 652 g/mol. The number of hydrogen-bond donors (Lipinski definition) is 1. The predicted octanol–water partition coefficient (Wildman–Crippen LogP) is 2.87. The highest BCUT2D eigenvalue weighted by molar-refractivity contribution is 6.22. The first-order valence-electron chi connectivity index (χ1n) is 14.4. The lowest BCUT2D eigenvalue weighted by atomic mass is 9.50. The Hall–Kier alpha value is -5.37. The number of carbonyl (C=O) groups is 5. The van der Waals surface area contributed by atoms with Gasteiger partial charge in [-0.1, -0.05) is 37.3 Å². The predicted molar refractivity (Wildman–Crippen MR) is 161 cm³/mol. The molecule has 2 bridgehead atoms. The smallest absolute Gasteiger partial charge is 0.343 e. The molecule has 2 aromatic rings. The second kappa shape index (κ2) is 14.0. The van der Waals surface area contributed by atoms with Gasteiger partial charge in [0.25, 0.3) is 5.69 Å². The number of hydrogen-bond acceptors (Lipinski definition) is 13. The van der Waals surface area contributed by atoms with Gasteiger partial charge < -0.3 is 28.8 Å². The lowest BCUT2D eigenvalue weighted by Gasteiger charge is -2.55. The van der Waals surface area contributed by atoms with Gasteiger partial charge in [0.2, 0.25) is 0 Å². The standard InChI is InChI=1S/C33H33NO13/c1-17-15-22-23(29(36)43-2)27(26(32(39)46-5)33(40,24(17)30(37)44-3)25(22)31(38)45-4)47-28(35)21(16-18-9-7-6-8-10-18)19-11-13-20(14-12-19)34(41)42/h6-14,16-17,22,24-26,40H,15H2,1-5H3. The number of aliphatic hydroxyl groups is 1. The van der Waals surface area contributed by atoms with Crippen LogP contribution in [0.25, 0.3) is 11.6 Å². The maximum atomic E-state index is 14.2. The molecule has 2 aromatic carbocycles. The molecule has 2 aliphatic carbocycles. The van der Waals surface area contributed by atoms with E-state index in [-0.39, 0.29) is 23.2 Å². The normalized spacial score (nSPS) is 25.2. The SMILES string of the molecule is COC(=O)C1=C(OC(=O)C(=Cc2ccccc2)c2ccc([N+](=O)[O-])cc2)C(C(=O)OC)C2(O)C(C(=O)OC)C(C)CC1C2C(=O)OC. The number of ether oxygens (including phenoxy) is 5. The average Bonchev–Trinajstić information content (AvgIpc) is 3.06. The Labute approximate surface area is 269 Å². The van der Waals surface area contributed by atoms with Crippen LogP contribution in [0, 0.1) is 39.7 Å². The van der Waals surface area contributed by atoms with E-state index in [4.69, 9.17) is 23.7 Å². The third-order valence-corrected chi connectivity index (χ3v) is 8.63. The van der Waals surface area contributed by atoms with Crippen molar-refractivity contribution in [3.63, 3.8) is 0 Å². The molecule has 0 amide bonds. The maximum absolute atomic E-state index is 14.2. The van der Waals surface area contributed by atoms with E-state index < -0.39 is 81.3 Å². The van der Waals surface area contributed by atoms with Crippen LogP contribution >= 0.6 is 0 Å². The van der Waals surface area contributed by atoms with Crippen LogP contribution in [0.1, 0.15) is 24.5 Å². The molecule has 0 saturated heterocycles. The molecule has 6 atom stereocenters. The summed E-state index contributed by atoms with van der Waals surface area (Å²) in [6.45, 7) is 1.57. The summed E-state index contributed by atoms with van der Waals surface area (Å²) in [6, 6.07) is 13.5. The third kappa shape index (κ3) is 6.23. The van der Waals surface area contributed by atoms with Crippen molar-refractivity contribution < 1.29 is 57.7 Å². The molecule has 6 unspecified atom stereocenters. The zero-order valence-electron chi connectivity index (χ0n) is 26.2. The number of benzene rings is 2. The highest BCUT2D eigenvalue weighted by Gasteiger charge is 2.71. The van der Waals surface area contributed by atoms with Crippen molar-refractivity contribution in [2.45, 2.75) is 18.9 Å². The van der Waals surface area contributed by atoms with Crippen LogP contribution in [-0.2, 0) is 47.7 Å². The number of nitro groups is 1. The monoisotopic (exact) mass is 651 g/mol. The summed E-state index contributed by atoms with van der Waals surface area (Å²) in [4.78, 5) is 78.5. The second-order valence-electron chi connectivity index (χ2n) is 11.1. The Kier molecular flexibility index (Phi) is 10.2. The van der Waals surface area contributed by atoms with E-state index in [0.29, 0.717) is 5.56 Å². The van der Waals surface area contributed by atoms with Gasteiger partial charge in [0.1, 0.15) is 17.3 Å². The highest BCUT2D eigenvalue weighted by Crippen LogP contribution is 2.58. The number of nitrogens with zero attached hydrogens (tertiary/aromatic N) is 1. The summed E-state index contributed by atoms with van der Waals surface area (Å²) in [5.74, 6) is -13.5. The quantitative estimate of drug-likeness (QED) is 0.104. The van der Waals surface area contributed by atoms with Gasteiger partial charge in [-0.05, 0) is 41.7 Å². The van der Waals surface area contributed by atoms with E-state index >= 15 is 0 Å². The second-order valence-corrected chi connectivity index (χ2v) is 11.1. The topological polar surface area (TPSA) is 195 Å². The fourth-order valence-corrected chi connectivity index (χ4v) is 6.65. The molecule has 47 heavy (non-hydrogen) atoms. The van der Waals surface area contributed by atoms with Crippen molar-refractivity contribution in [1.29, 1.82) is 0 Å². The summed E-state index contributed by atoms with van der Waals surface area (Å²) in [7, 11) is 4.11. The Balaban J connectivity index is 2.00. The van der Waals surface area contributed by atoms with Crippen LogP contribution in [0.15, 0.2) is 65.9 Å². The lowest BCUT2D eigenvalue weighted by molar-refractivity contribution is -0.384. The molecule has 0 aromatic heterocycles. The van der Waals surface area contributed by atoms with Crippen molar-refractivity contribution in [2.24, 2.45) is 29.6 Å². The van der Waals surface area contributed by atoms with Crippen molar-refractivity contribution >= 4 is 47.2 Å². The Morgan fingerprint density at radius 1 is 0.851 bits per heavy atom. The molecule has 0 heterocycles. The minimum Gasteiger partial charge on any atom is -0.469 e. The molecule has 0 spiro atoms. The summed E-state index contributed by atoms with van der Waals surface area (Å²) in [5.41, 5.74) is -2.79. The molecule has 2 aliphatic rings. The molecule has 1 saturated carbocycles. The first-order chi connectivity index (χ1) is 22.3. The number of nitro benzene ring substituents is 1. The highest BCUT2D eigenvalue weighted by atomic mass is 16.6. The zero-order valence-corrected chi connectivity index (χ0v) is 26.2. The van der Waals surface area contributed by atoms with Crippen LogP contribution in [0.2, 0.25) is 0 Å². The Morgan fingerprint density at radius 2 is 1.43 bits per heavy atom. The third-order valence-electron chi connectivity index (χ3n) is 8.63. The largest absolute Gasteiger partial charge is 0.469 e. The van der Waals surface area contributed by atoms with Gasteiger partial charge in [-0.2, -0.15) is 0 Å². The molecular formula is C33H33NO13. The Bertz CT molecular complexity index is 1650. The maximum Gasteiger partial charge on any atom is 0.343 e. The fraction of sp³-hybridized carbons (Fsp3) is 0.364. The molecular weight excluding hydrogens is 618 g/mol. The number of rotatable bonds is 9. The van der Waals surface area contributed by atoms with Crippen LogP contribution in [-0.4, -0.2) is 73.9 Å². The minimum atomic E-state index is -2.67. The molecule has 0 aliphatic heterocycles. The number of carbonyl (C=O) groups excluding carboxylic acids is 5. The summed E-state index contributed by atoms with van der Waals surface area (Å²) in [6.07, 6.45) is 1.33.